The molecule has 0 unspecified atom stereocenters. The molecular weight excluding hydrogens is 276 g/mol. The average Bonchev–Trinajstić information content (AvgIpc) is 2.86. The van der Waals surface area contributed by atoms with Crippen molar-refractivity contribution in [3.05, 3.63) is 12.2 Å². The quantitative estimate of drug-likeness (QED) is 0.414. The highest BCUT2D eigenvalue weighted by atomic mass is 16.7. The number of fused-ring (bicyclic) bond motifs is 4. The van der Waals surface area contributed by atoms with Gasteiger partial charge >= 0.3 is 11.9 Å². The molecule has 5 rings (SSSR count). The summed E-state index contributed by atoms with van der Waals surface area (Å²) in [5.74, 6) is -1.86. The van der Waals surface area contributed by atoms with Gasteiger partial charge in [0.25, 0.3) is 0 Å². The minimum Gasteiger partial charge on any atom is -0.457 e. The molecule has 0 aromatic heterocycles. The van der Waals surface area contributed by atoms with E-state index in [-0.39, 0.29) is 18.4 Å². The number of hydrogen-bond acceptors (Lipinski definition) is 6. The van der Waals surface area contributed by atoms with Crippen LogP contribution in [0.25, 0.3) is 0 Å². The molecule has 0 radical (unpaired) electrons. The van der Waals surface area contributed by atoms with E-state index in [2.05, 4.69) is 6.58 Å². The lowest BCUT2D eigenvalue weighted by atomic mass is 9.53. The average molecular weight is 292 g/mol. The molecule has 0 amide bonds. The van der Waals surface area contributed by atoms with E-state index < -0.39 is 46.7 Å². The van der Waals surface area contributed by atoms with E-state index in [9.17, 15) is 14.7 Å². The number of epoxide rings is 1. The first-order valence-electron chi connectivity index (χ1n) is 7.26. The Bertz CT molecular complexity index is 642. The van der Waals surface area contributed by atoms with E-state index >= 15 is 0 Å². The van der Waals surface area contributed by atoms with Crippen LogP contribution in [0.1, 0.15) is 20.3 Å². The Morgan fingerprint density at radius 3 is 2.76 bits per heavy atom. The van der Waals surface area contributed by atoms with Gasteiger partial charge in [-0.1, -0.05) is 12.2 Å². The number of carbonyl (C=O) groups excluding carboxylic acids is 2. The van der Waals surface area contributed by atoms with E-state index in [0.717, 1.165) is 5.57 Å². The van der Waals surface area contributed by atoms with Crippen LogP contribution in [0.3, 0.4) is 0 Å². The first-order valence-corrected chi connectivity index (χ1v) is 7.26. The van der Waals surface area contributed by atoms with Gasteiger partial charge in [0.2, 0.25) is 5.60 Å². The molecule has 2 saturated carbocycles. The maximum atomic E-state index is 12.3. The molecule has 2 bridgehead atoms. The van der Waals surface area contributed by atoms with Gasteiger partial charge in [-0.2, -0.15) is 0 Å². The summed E-state index contributed by atoms with van der Waals surface area (Å²) >= 11 is 0. The zero-order chi connectivity index (χ0) is 14.9. The van der Waals surface area contributed by atoms with Gasteiger partial charge in [-0.15, -0.1) is 0 Å². The molecule has 5 aliphatic rings. The van der Waals surface area contributed by atoms with Crippen LogP contribution in [-0.4, -0.2) is 46.6 Å². The van der Waals surface area contributed by atoms with E-state index in [4.69, 9.17) is 14.2 Å². The van der Waals surface area contributed by atoms with Gasteiger partial charge in [-0.3, -0.25) is 4.79 Å². The molecule has 6 nitrogen and oxygen atoms in total. The number of rotatable bonds is 1. The molecule has 3 aliphatic heterocycles. The zero-order valence-corrected chi connectivity index (χ0v) is 11.8. The topological polar surface area (TPSA) is 85.4 Å². The summed E-state index contributed by atoms with van der Waals surface area (Å²) in [4.78, 5) is 24.7. The maximum Gasteiger partial charge on any atom is 0.342 e. The second-order valence-corrected chi connectivity index (χ2v) is 7.25. The van der Waals surface area contributed by atoms with E-state index in [0.29, 0.717) is 0 Å². The molecule has 6 heteroatoms. The first kappa shape index (κ1) is 12.2. The van der Waals surface area contributed by atoms with Crippen LogP contribution in [0.15, 0.2) is 12.2 Å². The predicted octanol–water partition coefficient (Wildman–Crippen LogP) is -0.0620. The molecule has 2 aliphatic carbocycles. The van der Waals surface area contributed by atoms with Gasteiger partial charge in [-0.25, -0.2) is 4.79 Å². The van der Waals surface area contributed by atoms with Crippen molar-refractivity contribution in [3.63, 3.8) is 0 Å². The molecule has 21 heavy (non-hydrogen) atoms. The summed E-state index contributed by atoms with van der Waals surface area (Å²) < 4.78 is 16.6. The van der Waals surface area contributed by atoms with Gasteiger partial charge in [-0.05, 0) is 13.8 Å². The Kier molecular flexibility index (Phi) is 1.68. The Hall–Kier alpha value is -1.40. The summed E-state index contributed by atoms with van der Waals surface area (Å²) in [6, 6.07) is 0. The van der Waals surface area contributed by atoms with Crippen LogP contribution in [0.5, 0.6) is 0 Å². The van der Waals surface area contributed by atoms with E-state index in [1.165, 1.54) is 0 Å². The van der Waals surface area contributed by atoms with Crippen molar-refractivity contribution >= 4 is 11.9 Å². The van der Waals surface area contributed by atoms with Gasteiger partial charge in [0.1, 0.15) is 12.2 Å². The third-order valence-electron chi connectivity index (χ3n) is 6.60. The zero-order valence-electron chi connectivity index (χ0n) is 11.8. The number of aliphatic hydroxyl groups is 1. The predicted molar refractivity (Wildman–Crippen MR) is 66.8 cm³/mol. The van der Waals surface area contributed by atoms with Crippen molar-refractivity contribution in [1.29, 1.82) is 0 Å². The van der Waals surface area contributed by atoms with E-state index in [1.807, 2.05) is 6.92 Å². The third-order valence-corrected chi connectivity index (χ3v) is 6.60. The van der Waals surface area contributed by atoms with Crippen molar-refractivity contribution in [2.75, 3.05) is 0 Å². The van der Waals surface area contributed by atoms with Crippen LogP contribution < -0.4 is 0 Å². The van der Waals surface area contributed by atoms with Crippen molar-refractivity contribution < 1.29 is 28.9 Å². The molecule has 112 valence electrons. The minimum absolute atomic E-state index is 0.269. The van der Waals surface area contributed by atoms with E-state index in [1.54, 1.807) is 6.92 Å². The Morgan fingerprint density at radius 2 is 2.10 bits per heavy atom. The lowest BCUT2D eigenvalue weighted by Gasteiger charge is -2.51. The summed E-state index contributed by atoms with van der Waals surface area (Å²) in [6.07, 6.45) is -1.34. The fraction of sp³-hybridized carbons (Fsp3) is 0.733. The monoisotopic (exact) mass is 292 g/mol. The largest absolute Gasteiger partial charge is 0.457 e. The van der Waals surface area contributed by atoms with Crippen LogP contribution >= 0.6 is 0 Å². The molecular formula is C15H16O6. The summed E-state index contributed by atoms with van der Waals surface area (Å²) in [7, 11) is 0. The number of esters is 2. The Morgan fingerprint density at radius 1 is 1.38 bits per heavy atom. The molecule has 8 atom stereocenters. The van der Waals surface area contributed by atoms with Crippen LogP contribution in [0, 0.1) is 17.3 Å². The van der Waals surface area contributed by atoms with Gasteiger partial charge in [0, 0.05) is 12.3 Å². The van der Waals surface area contributed by atoms with Crippen LogP contribution in [-0.2, 0) is 23.8 Å². The van der Waals surface area contributed by atoms with Crippen molar-refractivity contribution in [3.8, 4) is 0 Å². The smallest absolute Gasteiger partial charge is 0.342 e. The molecule has 5 fully saturated rings. The van der Waals surface area contributed by atoms with Crippen molar-refractivity contribution in [2.24, 2.45) is 17.3 Å². The van der Waals surface area contributed by atoms with Crippen LogP contribution in [0.4, 0.5) is 0 Å². The Balaban J connectivity index is 1.78. The summed E-state index contributed by atoms with van der Waals surface area (Å²) in [5, 5.41) is 11.4. The maximum absolute atomic E-state index is 12.3. The number of carbonyl (C=O) groups is 2. The molecule has 3 heterocycles. The highest BCUT2D eigenvalue weighted by Crippen LogP contribution is 2.76. The molecule has 0 aromatic rings. The number of hydrogen-bond donors (Lipinski definition) is 1. The van der Waals surface area contributed by atoms with Crippen LogP contribution in [0.2, 0.25) is 0 Å². The van der Waals surface area contributed by atoms with Gasteiger partial charge in [0.05, 0.1) is 16.9 Å². The lowest BCUT2D eigenvalue weighted by Crippen LogP contribution is -2.66. The standard InChI is InChI=1S/C15H16O6/c1-5(2)7-8-11(16)19-9(7)10-13(3)14(8,18)4-6-15(13,21-6)12(17)20-10/h6-10,18H,1,4H2,2-3H3/t6-,7+,8-,9+,10+,13-,14+,15+/m0/s1. The molecule has 0 aromatic carbocycles. The Labute approximate surface area is 121 Å². The lowest BCUT2D eigenvalue weighted by molar-refractivity contribution is -0.195. The fourth-order valence-corrected chi connectivity index (χ4v) is 5.59. The fourth-order valence-electron chi connectivity index (χ4n) is 5.59. The number of ether oxygens (including phenoxy) is 3. The summed E-state index contributed by atoms with van der Waals surface area (Å²) in [5.41, 5.74) is -2.60. The second kappa shape index (κ2) is 2.90. The van der Waals surface area contributed by atoms with Gasteiger partial charge < -0.3 is 19.3 Å². The third kappa shape index (κ3) is 0.874. The SMILES string of the molecule is C=C(C)[C@H]1[C@H]2OC(=O)[C@H]1[C@]1(O)C[C@@H]3O[C@@]34C(=O)O[C@H]2[C@@]14C. The summed E-state index contributed by atoms with van der Waals surface area (Å²) in [6.45, 7) is 7.55. The minimum atomic E-state index is -1.35. The van der Waals surface area contributed by atoms with Gasteiger partial charge in [0.15, 0.2) is 6.10 Å². The molecule has 3 saturated heterocycles. The normalized spacial score (nSPS) is 62.0. The molecule has 1 N–H and O–H groups in total. The van der Waals surface area contributed by atoms with Crippen molar-refractivity contribution in [1.82, 2.24) is 0 Å². The second-order valence-electron chi connectivity index (χ2n) is 7.25. The highest BCUT2D eigenvalue weighted by Gasteiger charge is 2.95. The molecule has 1 spiro atoms. The van der Waals surface area contributed by atoms with Crippen molar-refractivity contribution in [2.45, 2.75) is 49.8 Å². The first-order chi connectivity index (χ1) is 9.79. The highest BCUT2D eigenvalue weighted by molar-refractivity contribution is 5.91.